The summed E-state index contributed by atoms with van der Waals surface area (Å²) in [5.74, 6) is 0. The third kappa shape index (κ3) is 3.06. The predicted octanol–water partition coefficient (Wildman–Crippen LogP) is -0.624. The number of aliphatic hydroxyl groups is 2. The van der Waals surface area contributed by atoms with Gasteiger partial charge in [-0.1, -0.05) is 0 Å². The first kappa shape index (κ1) is 9.92. The van der Waals surface area contributed by atoms with Crippen molar-refractivity contribution in [3.63, 3.8) is 0 Å². The molecule has 0 heterocycles. The second-order valence-electron chi connectivity index (χ2n) is 3.27. The largest absolute Gasteiger partial charge is 0.381 e. The summed E-state index contributed by atoms with van der Waals surface area (Å²) in [4.78, 5) is 0. The molecule has 1 saturated carbocycles. The van der Waals surface area contributed by atoms with Crippen molar-refractivity contribution < 1.29 is 10.2 Å². The number of aliphatic hydroxyl groups excluding tert-OH is 2. The maximum atomic E-state index is 8.62. The van der Waals surface area contributed by atoms with Crippen LogP contribution in [0.15, 0.2) is 0 Å². The summed E-state index contributed by atoms with van der Waals surface area (Å²) in [7, 11) is 0. The van der Waals surface area contributed by atoms with E-state index in [1.165, 1.54) is 0 Å². The smallest absolute Gasteiger partial charge is 0.0933 e. The maximum absolute atomic E-state index is 8.62. The van der Waals surface area contributed by atoms with Crippen molar-refractivity contribution in [3.8, 4) is 0 Å². The van der Waals surface area contributed by atoms with E-state index in [9.17, 15) is 0 Å². The third-order valence-electron chi connectivity index (χ3n) is 2.49. The molecule has 0 saturated heterocycles. The lowest BCUT2D eigenvalue weighted by Crippen LogP contribution is -2.40. The van der Waals surface area contributed by atoms with Crippen LogP contribution in [0.2, 0.25) is 0 Å². The topological polar surface area (TPSA) is 64.5 Å². The molecule has 0 aliphatic heterocycles. The molecule has 1 fully saturated rings. The molecule has 0 bridgehead atoms. The maximum Gasteiger partial charge on any atom is 0.0933 e. The van der Waals surface area contributed by atoms with Crippen LogP contribution in [0.1, 0.15) is 25.7 Å². The monoisotopic (exact) mass is 174 g/mol. The lowest BCUT2D eigenvalue weighted by molar-refractivity contribution is 0.189. The van der Waals surface area contributed by atoms with Crippen LogP contribution in [0.25, 0.3) is 0 Å². The van der Waals surface area contributed by atoms with Crippen LogP contribution in [0.5, 0.6) is 0 Å². The molecule has 0 amide bonds. The Bertz CT molecular complexity index is 99.6. The molecule has 1 aliphatic carbocycles. The molecule has 4 heteroatoms. The molecule has 0 aromatic carbocycles. The average Bonchev–Trinajstić information content (AvgIpc) is 2.09. The Labute approximate surface area is 73.0 Å². The fourth-order valence-corrected chi connectivity index (χ4v) is 1.76. The van der Waals surface area contributed by atoms with E-state index >= 15 is 0 Å². The van der Waals surface area contributed by atoms with Crippen molar-refractivity contribution >= 4 is 0 Å². The van der Waals surface area contributed by atoms with Crippen LogP contribution in [-0.4, -0.2) is 35.8 Å². The van der Waals surface area contributed by atoms with Crippen LogP contribution in [0.4, 0.5) is 0 Å². The van der Waals surface area contributed by atoms with Gasteiger partial charge in [0.25, 0.3) is 0 Å². The lowest BCUT2D eigenvalue weighted by atomic mass is 9.91. The van der Waals surface area contributed by atoms with Crippen molar-refractivity contribution in [3.05, 3.63) is 0 Å². The van der Waals surface area contributed by atoms with E-state index in [4.69, 9.17) is 10.2 Å². The standard InChI is InChI=1S/C8H18N2O2/c11-5-9-7-1-2-8(4-3-7)10-6-12/h7-12H,1-6H2. The first-order valence-electron chi connectivity index (χ1n) is 4.55. The zero-order valence-electron chi connectivity index (χ0n) is 7.29. The number of hydrogen-bond donors (Lipinski definition) is 4. The average molecular weight is 174 g/mol. The van der Waals surface area contributed by atoms with E-state index in [0.29, 0.717) is 12.1 Å². The SMILES string of the molecule is OCNC1CCC(NCO)CC1. The van der Waals surface area contributed by atoms with Gasteiger partial charge in [-0.25, -0.2) is 0 Å². The zero-order chi connectivity index (χ0) is 8.81. The van der Waals surface area contributed by atoms with Gasteiger partial charge in [-0.3, -0.25) is 10.6 Å². The Morgan fingerprint density at radius 1 is 0.833 bits per heavy atom. The molecule has 0 atom stereocenters. The van der Waals surface area contributed by atoms with Crippen LogP contribution in [0.3, 0.4) is 0 Å². The normalized spacial score (nSPS) is 30.5. The van der Waals surface area contributed by atoms with Gasteiger partial charge in [0, 0.05) is 12.1 Å². The van der Waals surface area contributed by atoms with Gasteiger partial charge in [0.1, 0.15) is 0 Å². The zero-order valence-corrected chi connectivity index (χ0v) is 7.29. The predicted molar refractivity (Wildman–Crippen MR) is 46.5 cm³/mol. The summed E-state index contributed by atoms with van der Waals surface area (Å²) in [6.45, 7) is 0.144. The van der Waals surface area contributed by atoms with Gasteiger partial charge in [-0.15, -0.1) is 0 Å². The summed E-state index contributed by atoms with van der Waals surface area (Å²) in [6.07, 6.45) is 4.33. The van der Waals surface area contributed by atoms with Gasteiger partial charge in [-0.05, 0) is 25.7 Å². The summed E-state index contributed by atoms with van der Waals surface area (Å²) in [6, 6.07) is 0.929. The molecule has 0 unspecified atom stereocenters. The van der Waals surface area contributed by atoms with Gasteiger partial charge in [-0.2, -0.15) is 0 Å². The molecule has 72 valence electrons. The fourth-order valence-electron chi connectivity index (χ4n) is 1.76. The summed E-state index contributed by atoms with van der Waals surface area (Å²) < 4.78 is 0. The van der Waals surface area contributed by atoms with E-state index in [2.05, 4.69) is 10.6 Å². The van der Waals surface area contributed by atoms with Gasteiger partial charge >= 0.3 is 0 Å². The van der Waals surface area contributed by atoms with E-state index in [-0.39, 0.29) is 13.5 Å². The molecule has 4 N–H and O–H groups in total. The highest BCUT2D eigenvalue weighted by Crippen LogP contribution is 2.17. The Hall–Kier alpha value is -0.160. The van der Waals surface area contributed by atoms with Gasteiger partial charge in [0.15, 0.2) is 0 Å². The Kier molecular flexibility index (Phi) is 4.53. The minimum Gasteiger partial charge on any atom is -0.381 e. The second-order valence-corrected chi connectivity index (χ2v) is 3.27. The van der Waals surface area contributed by atoms with Crippen molar-refractivity contribution in [2.24, 2.45) is 0 Å². The molecular weight excluding hydrogens is 156 g/mol. The molecule has 0 spiro atoms. The van der Waals surface area contributed by atoms with Crippen LogP contribution in [0, 0.1) is 0 Å². The fraction of sp³-hybridized carbons (Fsp3) is 1.00. The molecule has 4 nitrogen and oxygen atoms in total. The van der Waals surface area contributed by atoms with Crippen molar-refractivity contribution in [2.45, 2.75) is 37.8 Å². The molecule has 0 radical (unpaired) electrons. The van der Waals surface area contributed by atoms with Crippen molar-refractivity contribution in [1.82, 2.24) is 10.6 Å². The molecular formula is C8H18N2O2. The first-order chi connectivity index (χ1) is 5.86. The summed E-state index contributed by atoms with van der Waals surface area (Å²) in [5.41, 5.74) is 0. The quantitative estimate of drug-likeness (QED) is 0.429. The molecule has 1 aliphatic rings. The molecule has 1 rings (SSSR count). The van der Waals surface area contributed by atoms with Crippen LogP contribution < -0.4 is 10.6 Å². The van der Waals surface area contributed by atoms with Crippen LogP contribution >= 0.6 is 0 Å². The minimum atomic E-state index is 0.0722. The second kappa shape index (κ2) is 5.48. The first-order valence-corrected chi connectivity index (χ1v) is 4.55. The molecule has 0 aromatic rings. The Morgan fingerprint density at radius 3 is 1.42 bits per heavy atom. The van der Waals surface area contributed by atoms with E-state index in [1.54, 1.807) is 0 Å². The molecule has 12 heavy (non-hydrogen) atoms. The van der Waals surface area contributed by atoms with E-state index in [0.717, 1.165) is 25.7 Å². The number of nitrogens with one attached hydrogen (secondary N) is 2. The Morgan fingerprint density at radius 2 is 1.17 bits per heavy atom. The Balaban J connectivity index is 2.11. The van der Waals surface area contributed by atoms with E-state index in [1.807, 2.05) is 0 Å². The minimum absolute atomic E-state index is 0.0722. The third-order valence-corrected chi connectivity index (χ3v) is 2.49. The highest BCUT2D eigenvalue weighted by atomic mass is 16.3. The van der Waals surface area contributed by atoms with Gasteiger partial charge in [0.2, 0.25) is 0 Å². The van der Waals surface area contributed by atoms with Crippen molar-refractivity contribution in [1.29, 1.82) is 0 Å². The van der Waals surface area contributed by atoms with Gasteiger partial charge < -0.3 is 10.2 Å². The number of hydrogen-bond acceptors (Lipinski definition) is 4. The number of rotatable bonds is 4. The van der Waals surface area contributed by atoms with Crippen molar-refractivity contribution in [2.75, 3.05) is 13.5 Å². The van der Waals surface area contributed by atoms with E-state index < -0.39 is 0 Å². The summed E-state index contributed by atoms with van der Waals surface area (Å²) in [5, 5.41) is 23.3. The van der Waals surface area contributed by atoms with Gasteiger partial charge in [0.05, 0.1) is 13.5 Å². The highest BCUT2D eigenvalue weighted by molar-refractivity contribution is 4.79. The molecule has 0 aromatic heterocycles. The lowest BCUT2D eigenvalue weighted by Gasteiger charge is -2.28. The highest BCUT2D eigenvalue weighted by Gasteiger charge is 2.19. The van der Waals surface area contributed by atoms with Crippen LogP contribution in [-0.2, 0) is 0 Å². The summed E-state index contributed by atoms with van der Waals surface area (Å²) >= 11 is 0.